The monoisotopic (exact) mass is 394 g/mol. The van der Waals surface area contributed by atoms with Crippen LogP contribution in [0.15, 0.2) is 60.7 Å². The summed E-state index contributed by atoms with van der Waals surface area (Å²) in [7, 11) is 1.61. The zero-order valence-electron chi connectivity index (χ0n) is 16.5. The van der Waals surface area contributed by atoms with E-state index >= 15 is 0 Å². The Morgan fingerprint density at radius 2 is 1.48 bits per heavy atom. The average Bonchev–Trinajstić information content (AvgIpc) is 2.78. The van der Waals surface area contributed by atoms with Crippen molar-refractivity contribution >= 4 is 17.7 Å². The summed E-state index contributed by atoms with van der Waals surface area (Å²) in [6.07, 6.45) is 0. The maximum absolute atomic E-state index is 13.3. The molecule has 2 N–H and O–H groups in total. The number of piperazine rings is 1. The lowest BCUT2D eigenvalue weighted by Gasteiger charge is -2.36. The van der Waals surface area contributed by atoms with Crippen molar-refractivity contribution in [3.8, 4) is 0 Å². The van der Waals surface area contributed by atoms with Crippen LogP contribution in [0.1, 0.15) is 22.0 Å². The van der Waals surface area contributed by atoms with E-state index in [2.05, 4.69) is 10.6 Å². The first kappa shape index (κ1) is 20.5. The van der Waals surface area contributed by atoms with Crippen LogP contribution in [0.4, 0.5) is 0 Å². The Labute approximate surface area is 170 Å². The smallest absolute Gasteiger partial charge is 0.252 e. The van der Waals surface area contributed by atoms with Gasteiger partial charge in [-0.3, -0.25) is 19.3 Å². The summed E-state index contributed by atoms with van der Waals surface area (Å²) in [5, 5.41) is 5.51. The predicted molar refractivity (Wildman–Crippen MR) is 110 cm³/mol. The highest BCUT2D eigenvalue weighted by atomic mass is 16.2. The minimum Gasteiger partial charge on any atom is -0.358 e. The highest BCUT2D eigenvalue weighted by Gasteiger charge is 2.30. The van der Waals surface area contributed by atoms with E-state index in [4.69, 9.17) is 0 Å². The first-order chi connectivity index (χ1) is 14.1. The molecule has 0 saturated carbocycles. The number of amides is 3. The van der Waals surface area contributed by atoms with Gasteiger partial charge in [-0.05, 0) is 17.7 Å². The van der Waals surface area contributed by atoms with Crippen molar-refractivity contribution in [3.05, 3.63) is 71.8 Å². The van der Waals surface area contributed by atoms with E-state index < -0.39 is 6.04 Å². The number of nitrogens with zero attached hydrogens (tertiary/aromatic N) is 2. The van der Waals surface area contributed by atoms with Crippen LogP contribution in [-0.2, 0) is 9.59 Å². The summed E-state index contributed by atoms with van der Waals surface area (Å²) in [4.78, 5) is 41.3. The Hall–Kier alpha value is -3.19. The van der Waals surface area contributed by atoms with E-state index in [0.29, 0.717) is 38.3 Å². The van der Waals surface area contributed by atoms with E-state index in [0.717, 1.165) is 5.56 Å². The zero-order valence-corrected chi connectivity index (χ0v) is 16.5. The summed E-state index contributed by atoms with van der Waals surface area (Å²) < 4.78 is 0. The SMILES string of the molecule is CNC(=O)CN1CCN(C(=O)C(NC(=O)c2ccccc2)c2ccccc2)CC1. The molecule has 152 valence electrons. The van der Waals surface area contributed by atoms with Gasteiger partial charge in [-0.25, -0.2) is 0 Å². The number of benzene rings is 2. The van der Waals surface area contributed by atoms with Crippen LogP contribution >= 0.6 is 0 Å². The molecule has 0 spiro atoms. The van der Waals surface area contributed by atoms with Crippen LogP contribution in [0, 0.1) is 0 Å². The fourth-order valence-electron chi connectivity index (χ4n) is 3.33. The molecule has 3 amide bonds. The molecule has 29 heavy (non-hydrogen) atoms. The van der Waals surface area contributed by atoms with Gasteiger partial charge < -0.3 is 15.5 Å². The molecule has 7 nitrogen and oxygen atoms in total. The van der Waals surface area contributed by atoms with Gasteiger partial charge in [0.25, 0.3) is 5.91 Å². The Morgan fingerprint density at radius 1 is 0.897 bits per heavy atom. The van der Waals surface area contributed by atoms with E-state index in [1.54, 1.807) is 36.2 Å². The first-order valence-electron chi connectivity index (χ1n) is 9.71. The molecule has 1 saturated heterocycles. The third-order valence-corrected chi connectivity index (χ3v) is 5.02. The fourth-order valence-corrected chi connectivity index (χ4v) is 3.33. The minimum atomic E-state index is -0.755. The first-order valence-corrected chi connectivity index (χ1v) is 9.71. The Kier molecular flexibility index (Phi) is 6.97. The van der Waals surface area contributed by atoms with Gasteiger partial charge in [0.15, 0.2) is 0 Å². The van der Waals surface area contributed by atoms with Crippen LogP contribution in [-0.4, -0.2) is 67.3 Å². The topological polar surface area (TPSA) is 81.8 Å². The minimum absolute atomic E-state index is 0.0398. The van der Waals surface area contributed by atoms with Crippen molar-refractivity contribution in [2.24, 2.45) is 0 Å². The number of rotatable bonds is 6. The third kappa shape index (κ3) is 5.42. The van der Waals surface area contributed by atoms with Crippen LogP contribution < -0.4 is 10.6 Å². The molecule has 0 aromatic heterocycles. The maximum atomic E-state index is 13.3. The van der Waals surface area contributed by atoms with Crippen molar-refractivity contribution in [2.45, 2.75) is 6.04 Å². The second-order valence-electron chi connectivity index (χ2n) is 6.96. The second-order valence-corrected chi connectivity index (χ2v) is 6.96. The normalized spacial score (nSPS) is 15.4. The van der Waals surface area contributed by atoms with E-state index in [1.165, 1.54) is 0 Å². The Bertz CT molecular complexity index is 834. The van der Waals surface area contributed by atoms with Crippen LogP contribution in [0.3, 0.4) is 0 Å². The molecule has 1 atom stereocenters. The fraction of sp³-hybridized carbons (Fsp3) is 0.318. The average molecular weight is 394 g/mol. The van der Waals surface area contributed by atoms with Gasteiger partial charge in [0, 0.05) is 38.8 Å². The molecule has 0 bridgehead atoms. The van der Waals surface area contributed by atoms with E-state index in [-0.39, 0.29) is 17.7 Å². The summed E-state index contributed by atoms with van der Waals surface area (Å²) in [6, 6.07) is 17.4. The number of likely N-dealkylation sites (N-methyl/N-ethyl adjacent to an activating group) is 1. The maximum Gasteiger partial charge on any atom is 0.252 e. The van der Waals surface area contributed by atoms with Gasteiger partial charge in [-0.2, -0.15) is 0 Å². The van der Waals surface area contributed by atoms with Gasteiger partial charge in [0.05, 0.1) is 6.54 Å². The molecule has 3 rings (SSSR count). The summed E-state index contributed by atoms with van der Waals surface area (Å²) >= 11 is 0. The summed E-state index contributed by atoms with van der Waals surface area (Å²) in [5.74, 6) is -0.465. The number of carbonyl (C=O) groups excluding carboxylic acids is 3. The molecule has 1 aliphatic rings. The second kappa shape index (κ2) is 9.84. The highest BCUT2D eigenvalue weighted by Crippen LogP contribution is 2.18. The van der Waals surface area contributed by atoms with Crippen molar-refractivity contribution in [3.63, 3.8) is 0 Å². The Morgan fingerprint density at radius 3 is 2.07 bits per heavy atom. The van der Waals surface area contributed by atoms with Gasteiger partial charge in [0.1, 0.15) is 6.04 Å². The van der Waals surface area contributed by atoms with Gasteiger partial charge >= 0.3 is 0 Å². The molecule has 1 unspecified atom stereocenters. The molecule has 1 aliphatic heterocycles. The molecule has 1 fully saturated rings. The molecule has 2 aromatic rings. The lowest BCUT2D eigenvalue weighted by molar-refractivity contribution is -0.135. The number of nitrogens with one attached hydrogen (secondary N) is 2. The lowest BCUT2D eigenvalue weighted by Crippen LogP contribution is -2.53. The van der Waals surface area contributed by atoms with Gasteiger partial charge in [-0.15, -0.1) is 0 Å². The molecular formula is C22H26N4O3. The standard InChI is InChI=1S/C22H26N4O3/c1-23-19(27)16-25-12-14-26(15-13-25)22(29)20(17-8-4-2-5-9-17)24-21(28)18-10-6-3-7-11-18/h2-11,20H,12-16H2,1H3,(H,23,27)(H,24,28). The zero-order chi connectivity index (χ0) is 20.6. The molecule has 7 heteroatoms. The number of hydrogen-bond donors (Lipinski definition) is 2. The van der Waals surface area contributed by atoms with Crippen LogP contribution in [0.2, 0.25) is 0 Å². The van der Waals surface area contributed by atoms with Crippen molar-refractivity contribution in [1.82, 2.24) is 20.4 Å². The predicted octanol–water partition coefficient (Wildman–Crippen LogP) is 1.05. The molecular weight excluding hydrogens is 368 g/mol. The number of carbonyl (C=O) groups is 3. The van der Waals surface area contributed by atoms with E-state index in [9.17, 15) is 14.4 Å². The molecule has 0 radical (unpaired) electrons. The molecule has 2 aromatic carbocycles. The summed E-state index contributed by atoms with van der Waals surface area (Å²) in [6.45, 7) is 2.59. The van der Waals surface area contributed by atoms with Crippen LogP contribution in [0.5, 0.6) is 0 Å². The van der Waals surface area contributed by atoms with Crippen molar-refractivity contribution in [1.29, 1.82) is 0 Å². The number of hydrogen-bond acceptors (Lipinski definition) is 4. The molecule has 0 aliphatic carbocycles. The highest BCUT2D eigenvalue weighted by molar-refractivity contribution is 5.97. The quantitative estimate of drug-likeness (QED) is 0.767. The van der Waals surface area contributed by atoms with Crippen molar-refractivity contribution < 1.29 is 14.4 Å². The third-order valence-electron chi connectivity index (χ3n) is 5.02. The van der Waals surface area contributed by atoms with Gasteiger partial charge in [-0.1, -0.05) is 48.5 Å². The largest absolute Gasteiger partial charge is 0.358 e. The van der Waals surface area contributed by atoms with Gasteiger partial charge in [0.2, 0.25) is 11.8 Å². The Balaban J connectivity index is 1.70. The van der Waals surface area contributed by atoms with E-state index in [1.807, 2.05) is 41.3 Å². The van der Waals surface area contributed by atoms with Crippen LogP contribution in [0.25, 0.3) is 0 Å². The lowest BCUT2D eigenvalue weighted by atomic mass is 10.0. The van der Waals surface area contributed by atoms with Crippen molar-refractivity contribution in [2.75, 3.05) is 39.8 Å². The molecule has 1 heterocycles. The summed E-state index contributed by atoms with van der Waals surface area (Å²) in [5.41, 5.74) is 1.26.